The zero-order valence-corrected chi connectivity index (χ0v) is 19.4. The first-order valence-corrected chi connectivity index (χ1v) is 11.5. The summed E-state index contributed by atoms with van der Waals surface area (Å²) >= 11 is 0. The molecule has 5 heteroatoms. The van der Waals surface area contributed by atoms with Gasteiger partial charge < -0.3 is 10.2 Å². The Kier molecular flexibility index (Phi) is 13.5. The largest absolute Gasteiger partial charge is 0.368 e. The van der Waals surface area contributed by atoms with Crippen LogP contribution < -0.4 is 5.48 Å². The lowest BCUT2D eigenvalue weighted by Crippen LogP contribution is -2.11. The minimum absolute atomic E-state index is 0.0743. The second kappa shape index (κ2) is 15.6. The van der Waals surface area contributed by atoms with Crippen LogP contribution in [-0.2, 0) is 4.84 Å². The maximum atomic E-state index is 12.6. The Morgan fingerprint density at radius 2 is 1.45 bits per heavy atom. The molecule has 1 atom stereocenters. The maximum Gasteiger partial charge on any atom is 0.165 e. The van der Waals surface area contributed by atoms with Crippen molar-refractivity contribution in [2.75, 3.05) is 12.1 Å². The Balaban J connectivity index is 0.00000233. The van der Waals surface area contributed by atoms with Crippen molar-refractivity contribution >= 4 is 11.5 Å². The lowest BCUT2D eigenvalue weighted by molar-refractivity contribution is -0.0466. The quantitative estimate of drug-likeness (QED) is 0.153. The van der Waals surface area contributed by atoms with Gasteiger partial charge in [0, 0.05) is 11.5 Å². The summed E-state index contributed by atoms with van der Waals surface area (Å²) in [7, 11) is 0. The third-order valence-electron chi connectivity index (χ3n) is 4.97. The molecule has 2 aromatic carbocycles. The molecule has 0 fully saturated rings. The van der Waals surface area contributed by atoms with Crippen molar-refractivity contribution in [3.05, 3.63) is 54.1 Å². The fourth-order valence-corrected chi connectivity index (χ4v) is 3.10. The van der Waals surface area contributed by atoms with E-state index in [1.54, 1.807) is 0 Å². The molecule has 0 heterocycles. The third kappa shape index (κ3) is 10.1. The molecule has 0 aliphatic carbocycles. The molecule has 2 aromatic rings. The zero-order chi connectivity index (χ0) is 23.1. The van der Waals surface area contributed by atoms with E-state index in [1.807, 2.05) is 69.3 Å². The van der Waals surface area contributed by atoms with E-state index in [1.165, 1.54) is 0 Å². The summed E-state index contributed by atoms with van der Waals surface area (Å²) in [6, 6.07) is 15.7. The minimum Gasteiger partial charge on any atom is -0.368 e. The van der Waals surface area contributed by atoms with Gasteiger partial charge in [-0.2, -0.15) is 0 Å². The summed E-state index contributed by atoms with van der Waals surface area (Å²) in [5, 5.41) is 17.8. The summed E-state index contributed by atoms with van der Waals surface area (Å²) in [4.78, 5) is 18.0. The molecule has 0 aliphatic heterocycles. The van der Waals surface area contributed by atoms with Crippen molar-refractivity contribution in [2.24, 2.45) is 5.92 Å². The second-order valence-corrected chi connectivity index (χ2v) is 7.49. The molecule has 172 valence electrons. The Labute approximate surface area is 187 Å². The van der Waals surface area contributed by atoms with Gasteiger partial charge in [-0.05, 0) is 48.9 Å². The highest BCUT2D eigenvalue weighted by Crippen LogP contribution is 2.23. The van der Waals surface area contributed by atoms with Crippen molar-refractivity contribution in [3.8, 4) is 11.1 Å². The van der Waals surface area contributed by atoms with Crippen LogP contribution in [0.5, 0.6) is 0 Å². The number of unbranched alkanes of at least 4 members (excludes halogenated alkanes) is 2. The summed E-state index contributed by atoms with van der Waals surface area (Å²) < 4.78 is 0. The van der Waals surface area contributed by atoms with Gasteiger partial charge in [0.15, 0.2) is 12.1 Å². The number of hydrogen-bond acceptors (Lipinski definition) is 5. The molecular weight excluding hydrogens is 390 g/mol. The van der Waals surface area contributed by atoms with Gasteiger partial charge in [0.2, 0.25) is 0 Å². The van der Waals surface area contributed by atoms with Gasteiger partial charge in [-0.15, -0.1) is 0 Å². The number of aliphatic hydroxyl groups is 2. The summed E-state index contributed by atoms with van der Waals surface area (Å²) in [5.41, 5.74) is 6.72. The molecule has 0 saturated carbocycles. The predicted octanol–water partition coefficient (Wildman–Crippen LogP) is 6.21. The molecule has 0 radical (unpaired) electrons. The van der Waals surface area contributed by atoms with Gasteiger partial charge in [0.05, 0.1) is 12.3 Å². The molecule has 0 amide bonds. The van der Waals surface area contributed by atoms with Crippen LogP contribution in [-0.4, -0.2) is 28.9 Å². The van der Waals surface area contributed by atoms with E-state index >= 15 is 0 Å². The monoisotopic (exact) mass is 429 g/mol. The average Bonchev–Trinajstić information content (AvgIpc) is 2.80. The van der Waals surface area contributed by atoms with Crippen LogP contribution in [0.15, 0.2) is 48.5 Å². The van der Waals surface area contributed by atoms with Crippen molar-refractivity contribution < 1.29 is 19.8 Å². The van der Waals surface area contributed by atoms with Crippen LogP contribution >= 0.6 is 0 Å². The molecule has 5 nitrogen and oxygen atoms in total. The molecule has 0 aliphatic rings. The highest BCUT2D eigenvalue weighted by atomic mass is 16.6. The average molecular weight is 430 g/mol. The SMILES string of the molecule is CC.CCCCONc1ccc(-c2ccc(C(=O)C(C)CCCCC(O)O)cc2)cc1. The van der Waals surface area contributed by atoms with Crippen molar-refractivity contribution in [2.45, 2.75) is 72.5 Å². The summed E-state index contributed by atoms with van der Waals surface area (Å²) in [5.74, 6) is 0.0552. The standard InChI is InChI=1S/C24H33NO4.C2H6/c1-3-4-17-29-25-22-15-13-20(14-16-22)19-9-11-21(12-10-19)24(28)18(2)7-5-6-8-23(26)27;1-2/h9-16,18,23,25-27H,3-8,17H2,1-2H3;1-2H3. The fourth-order valence-electron chi connectivity index (χ4n) is 3.10. The summed E-state index contributed by atoms with van der Waals surface area (Å²) in [6.07, 6.45) is 3.50. The molecule has 31 heavy (non-hydrogen) atoms. The Hall–Kier alpha value is -2.21. The van der Waals surface area contributed by atoms with Crippen LogP contribution in [0.25, 0.3) is 11.1 Å². The first-order valence-electron chi connectivity index (χ1n) is 11.5. The molecule has 0 saturated heterocycles. The van der Waals surface area contributed by atoms with Gasteiger partial charge in [-0.3, -0.25) is 15.1 Å². The number of carbonyl (C=O) groups is 1. The third-order valence-corrected chi connectivity index (χ3v) is 4.97. The van der Waals surface area contributed by atoms with Crippen molar-refractivity contribution in [1.29, 1.82) is 0 Å². The molecule has 0 aromatic heterocycles. The first kappa shape index (κ1) is 26.8. The van der Waals surface area contributed by atoms with E-state index in [-0.39, 0.29) is 11.7 Å². The van der Waals surface area contributed by atoms with E-state index in [4.69, 9.17) is 15.1 Å². The molecular formula is C26H39NO4. The van der Waals surface area contributed by atoms with Crippen LogP contribution in [0.1, 0.15) is 76.6 Å². The van der Waals surface area contributed by atoms with E-state index in [2.05, 4.69) is 12.4 Å². The normalized spacial score (nSPS) is 11.6. The van der Waals surface area contributed by atoms with E-state index in [0.717, 1.165) is 42.5 Å². The smallest absolute Gasteiger partial charge is 0.165 e. The molecule has 0 bridgehead atoms. The number of ketones is 1. The van der Waals surface area contributed by atoms with Crippen LogP contribution in [0.4, 0.5) is 5.69 Å². The number of Topliss-reactive ketones (excluding diaryl/α,β-unsaturated/α-hetero) is 1. The van der Waals surface area contributed by atoms with Gasteiger partial charge >= 0.3 is 0 Å². The van der Waals surface area contributed by atoms with Crippen molar-refractivity contribution in [1.82, 2.24) is 0 Å². The number of carbonyl (C=O) groups excluding carboxylic acids is 1. The Morgan fingerprint density at radius 1 is 0.903 bits per heavy atom. The maximum absolute atomic E-state index is 12.6. The van der Waals surface area contributed by atoms with E-state index in [0.29, 0.717) is 25.0 Å². The molecule has 0 spiro atoms. The number of rotatable bonds is 13. The number of anilines is 1. The summed E-state index contributed by atoms with van der Waals surface area (Å²) in [6.45, 7) is 8.75. The van der Waals surface area contributed by atoms with Crippen molar-refractivity contribution in [3.63, 3.8) is 0 Å². The van der Waals surface area contributed by atoms with Gasteiger partial charge in [0.25, 0.3) is 0 Å². The predicted molar refractivity (Wildman–Crippen MR) is 128 cm³/mol. The number of hydrogen-bond donors (Lipinski definition) is 3. The topological polar surface area (TPSA) is 78.8 Å². The van der Waals surface area contributed by atoms with E-state index in [9.17, 15) is 4.79 Å². The first-order chi connectivity index (χ1) is 15.0. The van der Waals surface area contributed by atoms with Gasteiger partial charge in [-0.1, -0.05) is 76.9 Å². The highest BCUT2D eigenvalue weighted by molar-refractivity contribution is 5.98. The fraction of sp³-hybridized carbons (Fsp3) is 0.500. The molecule has 2 rings (SSSR count). The molecule has 1 unspecified atom stereocenters. The van der Waals surface area contributed by atoms with Gasteiger partial charge in [-0.25, -0.2) is 0 Å². The van der Waals surface area contributed by atoms with Gasteiger partial charge in [0.1, 0.15) is 0 Å². The zero-order valence-electron chi connectivity index (χ0n) is 19.4. The van der Waals surface area contributed by atoms with Crippen LogP contribution in [0.3, 0.4) is 0 Å². The van der Waals surface area contributed by atoms with Crippen LogP contribution in [0, 0.1) is 5.92 Å². The molecule has 3 N–H and O–H groups in total. The second-order valence-electron chi connectivity index (χ2n) is 7.49. The minimum atomic E-state index is -1.26. The Morgan fingerprint density at radius 3 is 2.00 bits per heavy atom. The Bertz CT molecular complexity index is 726. The van der Waals surface area contributed by atoms with E-state index < -0.39 is 6.29 Å². The van der Waals surface area contributed by atoms with Crippen LogP contribution in [0.2, 0.25) is 0 Å². The highest BCUT2D eigenvalue weighted by Gasteiger charge is 2.15. The number of benzene rings is 2. The number of aliphatic hydroxyl groups excluding tert-OH is 1. The number of nitrogens with one attached hydrogen (secondary N) is 1. The lowest BCUT2D eigenvalue weighted by Gasteiger charge is -2.12. The lowest BCUT2D eigenvalue weighted by atomic mass is 9.93.